The van der Waals surface area contributed by atoms with Crippen LogP contribution in [0, 0.1) is 11.8 Å². The van der Waals surface area contributed by atoms with Crippen LogP contribution in [0.15, 0.2) is 24.5 Å². The van der Waals surface area contributed by atoms with Crippen molar-refractivity contribution < 1.29 is 0 Å². The molecule has 21 heavy (non-hydrogen) atoms. The minimum Gasteiger partial charge on any atom is -0.314 e. The zero-order valence-electron chi connectivity index (χ0n) is 13.9. The average Bonchev–Trinajstić information content (AvgIpc) is 2.56. The highest BCUT2D eigenvalue weighted by Crippen LogP contribution is 2.35. The van der Waals surface area contributed by atoms with E-state index in [2.05, 4.69) is 36.3 Å². The fourth-order valence-electron chi connectivity index (χ4n) is 3.94. The highest BCUT2D eigenvalue weighted by Gasteiger charge is 2.30. The molecule has 1 aromatic heterocycles. The van der Waals surface area contributed by atoms with E-state index in [0.717, 1.165) is 18.4 Å². The summed E-state index contributed by atoms with van der Waals surface area (Å²) < 4.78 is 0. The van der Waals surface area contributed by atoms with Gasteiger partial charge in [-0.25, -0.2) is 0 Å². The number of hydrogen-bond donors (Lipinski definition) is 1. The van der Waals surface area contributed by atoms with E-state index in [0.29, 0.717) is 6.04 Å². The molecule has 118 valence electrons. The van der Waals surface area contributed by atoms with E-state index in [1.54, 1.807) is 0 Å². The number of pyridine rings is 1. The topological polar surface area (TPSA) is 24.9 Å². The third-order valence-electron chi connectivity index (χ3n) is 5.16. The van der Waals surface area contributed by atoms with E-state index in [9.17, 15) is 0 Å². The van der Waals surface area contributed by atoms with E-state index in [4.69, 9.17) is 0 Å². The fraction of sp³-hybridized carbons (Fsp3) is 0.737. The average molecular weight is 288 g/mol. The Labute approximate surface area is 130 Å². The molecule has 1 fully saturated rings. The molecule has 2 heteroatoms. The molecule has 0 aliphatic heterocycles. The lowest BCUT2D eigenvalue weighted by Gasteiger charge is -2.37. The molecule has 3 unspecified atom stereocenters. The lowest BCUT2D eigenvalue weighted by molar-refractivity contribution is 0.169. The Morgan fingerprint density at radius 3 is 2.67 bits per heavy atom. The SMILES string of the molecule is CCCNC(CCc1ccncc1)C1CCCCC1CC. The van der Waals surface area contributed by atoms with Gasteiger partial charge in [-0.2, -0.15) is 0 Å². The molecule has 0 aromatic carbocycles. The zero-order valence-corrected chi connectivity index (χ0v) is 13.9. The summed E-state index contributed by atoms with van der Waals surface area (Å²) in [4.78, 5) is 4.12. The van der Waals surface area contributed by atoms with Gasteiger partial charge in [0.05, 0.1) is 0 Å². The molecule has 2 nitrogen and oxygen atoms in total. The number of nitrogens with zero attached hydrogens (tertiary/aromatic N) is 1. The molecule has 1 aliphatic rings. The summed E-state index contributed by atoms with van der Waals surface area (Å²) in [7, 11) is 0. The molecule has 1 aliphatic carbocycles. The summed E-state index contributed by atoms with van der Waals surface area (Å²) in [6.07, 6.45) is 14.6. The molecule has 1 heterocycles. The highest BCUT2D eigenvalue weighted by atomic mass is 14.9. The lowest BCUT2D eigenvalue weighted by Crippen LogP contribution is -2.41. The molecule has 0 amide bonds. The second-order valence-corrected chi connectivity index (χ2v) is 6.57. The Bertz CT molecular complexity index is 376. The van der Waals surface area contributed by atoms with Gasteiger partial charge in [0.15, 0.2) is 0 Å². The molecular formula is C19H32N2. The molecule has 1 aromatic rings. The molecule has 1 N–H and O–H groups in total. The molecule has 0 radical (unpaired) electrons. The minimum atomic E-state index is 0.698. The first-order valence-electron chi connectivity index (χ1n) is 8.97. The summed E-state index contributed by atoms with van der Waals surface area (Å²) in [5.74, 6) is 1.82. The van der Waals surface area contributed by atoms with Crippen molar-refractivity contribution in [2.75, 3.05) is 6.54 Å². The molecule has 2 rings (SSSR count). The quantitative estimate of drug-likeness (QED) is 0.756. The van der Waals surface area contributed by atoms with Crippen molar-refractivity contribution in [1.29, 1.82) is 0 Å². The summed E-state index contributed by atoms with van der Waals surface area (Å²) in [5.41, 5.74) is 1.43. The predicted octanol–water partition coefficient (Wildman–Crippen LogP) is 4.60. The van der Waals surface area contributed by atoms with Gasteiger partial charge in [0.2, 0.25) is 0 Å². The van der Waals surface area contributed by atoms with Crippen LogP contribution in [-0.4, -0.2) is 17.6 Å². The van der Waals surface area contributed by atoms with Crippen LogP contribution in [0.1, 0.15) is 64.4 Å². The molecule has 0 spiro atoms. The second kappa shape index (κ2) is 9.19. The van der Waals surface area contributed by atoms with Crippen molar-refractivity contribution in [1.82, 2.24) is 10.3 Å². The third kappa shape index (κ3) is 5.10. The second-order valence-electron chi connectivity index (χ2n) is 6.57. The first-order valence-corrected chi connectivity index (χ1v) is 8.97. The van der Waals surface area contributed by atoms with Crippen LogP contribution in [-0.2, 0) is 6.42 Å². The van der Waals surface area contributed by atoms with E-state index in [1.165, 1.54) is 56.9 Å². The van der Waals surface area contributed by atoms with E-state index in [1.807, 2.05) is 12.4 Å². The maximum absolute atomic E-state index is 4.12. The largest absolute Gasteiger partial charge is 0.314 e. The number of aryl methyl sites for hydroxylation is 1. The zero-order chi connectivity index (χ0) is 14.9. The molecule has 0 bridgehead atoms. The van der Waals surface area contributed by atoms with Crippen LogP contribution >= 0.6 is 0 Å². The number of rotatable bonds is 8. The Balaban J connectivity index is 1.95. The maximum atomic E-state index is 4.12. The van der Waals surface area contributed by atoms with Gasteiger partial charge in [-0.1, -0.05) is 39.5 Å². The van der Waals surface area contributed by atoms with Crippen molar-refractivity contribution in [2.45, 2.75) is 71.3 Å². The Morgan fingerprint density at radius 1 is 1.19 bits per heavy atom. The monoisotopic (exact) mass is 288 g/mol. The number of hydrogen-bond acceptors (Lipinski definition) is 2. The highest BCUT2D eigenvalue weighted by molar-refractivity contribution is 5.10. The van der Waals surface area contributed by atoms with Gasteiger partial charge in [-0.05, 0) is 61.8 Å². The molecule has 1 saturated carbocycles. The van der Waals surface area contributed by atoms with Gasteiger partial charge < -0.3 is 5.32 Å². The molecular weight excluding hydrogens is 256 g/mol. The first kappa shape index (κ1) is 16.5. The van der Waals surface area contributed by atoms with Gasteiger partial charge in [0, 0.05) is 18.4 Å². The van der Waals surface area contributed by atoms with Crippen molar-refractivity contribution in [3.63, 3.8) is 0 Å². The van der Waals surface area contributed by atoms with Crippen molar-refractivity contribution in [2.24, 2.45) is 11.8 Å². The third-order valence-corrected chi connectivity index (χ3v) is 5.16. The maximum Gasteiger partial charge on any atom is 0.0270 e. The van der Waals surface area contributed by atoms with Crippen LogP contribution in [0.3, 0.4) is 0 Å². The predicted molar refractivity (Wildman–Crippen MR) is 90.4 cm³/mol. The van der Waals surface area contributed by atoms with E-state index in [-0.39, 0.29) is 0 Å². The summed E-state index contributed by atoms with van der Waals surface area (Å²) in [6, 6.07) is 5.02. The van der Waals surface area contributed by atoms with Crippen molar-refractivity contribution in [3.8, 4) is 0 Å². The fourth-order valence-corrected chi connectivity index (χ4v) is 3.94. The summed E-state index contributed by atoms with van der Waals surface area (Å²) in [5, 5.41) is 3.86. The molecule has 3 atom stereocenters. The van der Waals surface area contributed by atoms with Crippen molar-refractivity contribution >= 4 is 0 Å². The van der Waals surface area contributed by atoms with Crippen LogP contribution in [0.2, 0.25) is 0 Å². The number of nitrogens with one attached hydrogen (secondary N) is 1. The lowest BCUT2D eigenvalue weighted by atomic mass is 9.73. The van der Waals surface area contributed by atoms with Gasteiger partial charge in [-0.3, -0.25) is 4.98 Å². The number of aromatic nitrogens is 1. The Morgan fingerprint density at radius 2 is 1.95 bits per heavy atom. The van der Waals surface area contributed by atoms with Crippen LogP contribution in [0.5, 0.6) is 0 Å². The minimum absolute atomic E-state index is 0.698. The van der Waals surface area contributed by atoms with Gasteiger partial charge in [0.25, 0.3) is 0 Å². The smallest absolute Gasteiger partial charge is 0.0270 e. The van der Waals surface area contributed by atoms with Crippen LogP contribution < -0.4 is 5.32 Å². The van der Waals surface area contributed by atoms with E-state index < -0.39 is 0 Å². The van der Waals surface area contributed by atoms with E-state index >= 15 is 0 Å². The molecule has 0 saturated heterocycles. The normalized spacial score (nSPS) is 23.9. The van der Waals surface area contributed by atoms with Crippen LogP contribution in [0.25, 0.3) is 0 Å². The van der Waals surface area contributed by atoms with Crippen molar-refractivity contribution in [3.05, 3.63) is 30.1 Å². The first-order chi connectivity index (χ1) is 10.3. The van der Waals surface area contributed by atoms with Gasteiger partial charge in [-0.15, -0.1) is 0 Å². The van der Waals surface area contributed by atoms with Gasteiger partial charge >= 0.3 is 0 Å². The Hall–Kier alpha value is -0.890. The van der Waals surface area contributed by atoms with Gasteiger partial charge in [0.1, 0.15) is 0 Å². The summed E-state index contributed by atoms with van der Waals surface area (Å²) in [6.45, 7) is 5.81. The summed E-state index contributed by atoms with van der Waals surface area (Å²) >= 11 is 0. The standard InChI is InChI=1S/C19H32N2/c1-3-13-21-19(10-9-16-11-14-20-15-12-16)18-8-6-5-7-17(18)4-2/h11-12,14-15,17-19,21H,3-10,13H2,1-2H3. The van der Waals surface area contributed by atoms with Crippen LogP contribution in [0.4, 0.5) is 0 Å². The Kier molecular flexibility index (Phi) is 7.21.